The van der Waals surface area contributed by atoms with Crippen molar-refractivity contribution >= 4 is 0 Å². The molecule has 1 rings (SSSR count). The van der Waals surface area contributed by atoms with Crippen LogP contribution in [0.25, 0.3) is 0 Å². The molecule has 0 radical (unpaired) electrons. The highest BCUT2D eigenvalue weighted by molar-refractivity contribution is 5.51. The number of hydrogen-bond acceptors (Lipinski definition) is 3. The van der Waals surface area contributed by atoms with Gasteiger partial charge >= 0.3 is 0 Å². The number of nitriles is 1. The maximum Gasteiger partial charge on any atom is 0.165 e. The van der Waals surface area contributed by atoms with Crippen LogP contribution in [0.1, 0.15) is 26.3 Å². The predicted molar refractivity (Wildman–Crippen MR) is 62.8 cm³/mol. The normalized spacial score (nSPS) is 10.7. The van der Waals surface area contributed by atoms with Crippen LogP contribution >= 0.6 is 0 Å². The van der Waals surface area contributed by atoms with Crippen molar-refractivity contribution in [2.75, 3.05) is 13.7 Å². The van der Waals surface area contributed by atoms with Crippen molar-refractivity contribution < 1.29 is 9.47 Å². The van der Waals surface area contributed by atoms with E-state index in [9.17, 15) is 0 Å². The van der Waals surface area contributed by atoms with Gasteiger partial charge < -0.3 is 9.47 Å². The maximum atomic E-state index is 9.14. The third-order valence-electron chi connectivity index (χ3n) is 2.44. The number of para-hydroxylation sites is 1. The fourth-order valence-electron chi connectivity index (χ4n) is 1.55. The number of rotatable bonds is 4. The van der Waals surface area contributed by atoms with Crippen molar-refractivity contribution in [1.82, 2.24) is 0 Å². The first-order chi connectivity index (χ1) is 7.56. The van der Waals surface area contributed by atoms with Crippen LogP contribution in [0.15, 0.2) is 18.2 Å². The van der Waals surface area contributed by atoms with Gasteiger partial charge in [0.25, 0.3) is 0 Å². The Labute approximate surface area is 96.6 Å². The van der Waals surface area contributed by atoms with E-state index in [0.717, 1.165) is 5.56 Å². The summed E-state index contributed by atoms with van der Waals surface area (Å²) in [6.45, 7) is 6.22. The lowest BCUT2D eigenvalue weighted by Gasteiger charge is -2.21. The molecule has 1 aromatic carbocycles. The molecule has 0 saturated carbocycles. The number of nitrogens with zero attached hydrogens (tertiary/aromatic N) is 1. The Hall–Kier alpha value is -1.69. The summed E-state index contributed by atoms with van der Waals surface area (Å²) in [7, 11) is 1.59. The first-order valence-corrected chi connectivity index (χ1v) is 5.28. The van der Waals surface area contributed by atoms with E-state index < -0.39 is 5.41 Å². The van der Waals surface area contributed by atoms with Crippen LogP contribution < -0.4 is 9.47 Å². The minimum Gasteiger partial charge on any atom is -0.493 e. The molecule has 3 heteroatoms. The van der Waals surface area contributed by atoms with Gasteiger partial charge in [-0.25, -0.2) is 0 Å². The summed E-state index contributed by atoms with van der Waals surface area (Å²) in [6.07, 6.45) is 0. The van der Waals surface area contributed by atoms with E-state index in [-0.39, 0.29) is 0 Å². The third kappa shape index (κ3) is 2.27. The average Bonchev–Trinajstić information content (AvgIpc) is 2.29. The molecule has 16 heavy (non-hydrogen) atoms. The van der Waals surface area contributed by atoms with Gasteiger partial charge in [-0.3, -0.25) is 0 Å². The van der Waals surface area contributed by atoms with E-state index >= 15 is 0 Å². The highest BCUT2D eigenvalue weighted by Crippen LogP contribution is 2.38. The van der Waals surface area contributed by atoms with Crippen molar-refractivity contribution in [3.05, 3.63) is 23.8 Å². The average molecular weight is 219 g/mol. The quantitative estimate of drug-likeness (QED) is 0.782. The smallest absolute Gasteiger partial charge is 0.165 e. The molecule has 0 heterocycles. The molecule has 0 aliphatic heterocycles. The fraction of sp³-hybridized carbons (Fsp3) is 0.462. The highest BCUT2D eigenvalue weighted by Gasteiger charge is 2.25. The van der Waals surface area contributed by atoms with Crippen molar-refractivity contribution in [3.63, 3.8) is 0 Å². The summed E-state index contributed by atoms with van der Waals surface area (Å²) >= 11 is 0. The molecule has 0 amide bonds. The Kier molecular flexibility index (Phi) is 3.78. The summed E-state index contributed by atoms with van der Waals surface area (Å²) in [5, 5.41) is 9.14. The molecular formula is C13H17NO2. The van der Waals surface area contributed by atoms with E-state index in [0.29, 0.717) is 18.1 Å². The second-order valence-electron chi connectivity index (χ2n) is 4.01. The third-order valence-corrected chi connectivity index (χ3v) is 2.44. The van der Waals surface area contributed by atoms with E-state index in [1.807, 2.05) is 39.0 Å². The van der Waals surface area contributed by atoms with Crippen molar-refractivity contribution in [2.24, 2.45) is 0 Å². The lowest BCUT2D eigenvalue weighted by molar-refractivity contribution is 0.307. The number of methoxy groups -OCH3 is 1. The second-order valence-corrected chi connectivity index (χ2v) is 4.01. The number of hydrogen-bond donors (Lipinski definition) is 0. The van der Waals surface area contributed by atoms with Crippen LogP contribution in [0.2, 0.25) is 0 Å². The Bertz CT molecular complexity index is 405. The Morgan fingerprint density at radius 3 is 2.56 bits per heavy atom. The van der Waals surface area contributed by atoms with Crippen LogP contribution in [-0.2, 0) is 5.41 Å². The van der Waals surface area contributed by atoms with Crippen LogP contribution in [0.4, 0.5) is 0 Å². The van der Waals surface area contributed by atoms with Gasteiger partial charge in [-0.05, 0) is 26.8 Å². The molecule has 0 fully saturated rings. The molecule has 0 unspecified atom stereocenters. The van der Waals surface area contributed by atoms with E-state index in [1.54, 1.807) is 7.11 Å². The van der Waals surface area contributed by atoms with Gasteiger partial charge in [-0.2, -0.15) is 5.26 Å². The second kappa shape index (κ2) is 4.89. The van der Waals surface area contributed by atoms with Crippen LogP contribution in [-0.4, -0.2) is 13.7 Å². The minimum absolute atomic E-state index is 0.576. The number of benzene rings is 1. The van der Waals surface area contributed by atoms with Gasteiger partial charge in [-0.15, -0.1) is 0 Å². The lowest BCUT2D eigenvalue weighted by atomic mass is 9.85. The summed E-state index contributed by atoms with van der Waals surface area (Å²) in [6, 6.07) is 7.88. The Balaban J connectivity index is 3.30. The van der Waals surface area contributed by atoms with Crippen LogP contribution in [0, 0.1) is 11.3 Å². The SMILES string of the molecule is CCOc1cccc(C(C)(C)C#N)c1OC. The van der Waals surface area contributed by atoms with E-state index in [1.165, 1.54) is 0 Å². The highest BCUT2D eigenvalue weighted by atomic mass is 16.5. The molecule has 0 spiro atoms. The molecule has 3 nitrogen and oxygen atoms in total. The van der Waals surface area contributed by atoms with Gasteiger partial charge in [0.05, 0.1) is 25.2 Å². The Morgan fingerprint density at radius 2 is 2.06 bits per heavy atom. The summed E-state index contributed by atoms with van der Waals surface area (Å²) < 4.78 is 10.8. The zero-order valence-electron chi connectivity index (χ0n) is 10.2. The zero-order valence-corrected chi connectivity index (χ0v) is 10.2. The lowest BCUT2D eigenvalue weighted by Crippen LogP contribution is -2.15. The number of ether oxygens (including phenoxy) is 2. The minimum atomic E-state index is -0.585. The summed E-state index contributed by atoms with van der Waals surface area (Å²) in [5.74, 6) is 1.33. The molecule has 0 aromatic heterocycles. The van der Waals surface area contributed by atoms with Gasteiger partial charge in [0.15, 0.2) is 11.5 Å². The van der Waals surface area contributed by atoms with Crippen LogP contribution in [0.3, 0.4) is 0 Å². The van der Waals surface area contributed by atoms with Crippen molar-refractivity contribution in [2.45, 2.75) is 26.2 Å². The zero-order chi connectivity index (χ0) is 12.2. The van der Waals surface area contributed by atoms with Gasteiger partial charge in [0.2, 0.25) is 0 Å². The molecule has 0 bridgehead atoms. The first-order valence-electron chi connectivity index (χ1n) is 5.28. The van der Waals surface area contributed by atoms with Gasteiger partial charge in [0.1, 0.15) is 0 Å². The molecule has 86 valence electrons. The molecule has 0 saturated heterocycles. The van der Waals surface area contributed by atoms with E-state index in [4.69, 9.17) is 14.7 Å². The van der Waals surface area contributed by atoms with Crippen molar-refractivity contribution in [3.8, 4) is 17.6 Å². The fourth-order valence-corrected chi connectivity index (χ4v) is 1.55. The largest absolute Gasteiger partial charge is 0.493 e. The molecule has 0 aliphatic rings. The maximum absolute atomic E-state index is 9.14. The predicted octanol–water partition coefficient (Wildman–Crippen LogP) is 2.90. The molecule has 0 atom stereocenters. The summed E-state index contributed by atoms with van der Waals surface area (Å²) in [4.78, 5) is 0. The first kappa shape index (κ1) is 12.4. The Morgan fingerprint density at radius 1 is 1.38 bits per heavy atom. The monoisotopic (exact) mass is 219 g/mol. The standard InChI is InChI=1S/C13H17NO2/c1-5-16-11-8-6-7-10(12(11)15-4)13(2,3)9-14/h6-8H,5H2,1-4H3. The van der Waals surface area contributed by atoms with Crippen LogP contribution in [0.5, 0.6) is 11.5 Å². The molecule has 1 aromatic rings. The summed E-state index contributed by atoms with van der Waals surface area (Å²) in [5.41, 5.74) is 0.266. The van der Waals surface area contributed by atoms with Gasteiger partial charge in [0, 0.05) is 5.56 Å². The molecule has 0 N–H and O–H groups in total. The van der Waals surface area contributed by atoms with Crippen molar-refractivity contribution in [1.29, 1.82) is 5.26 Å². The topological polar surface area (TPSA) is 42.2 Å². The molecule has 0 aliphatic carbocycles. The van der Waals surface area contributed by atoms with Gasteiger partial charge in [-0.1, -0.05) is 12.1 Å². The van der Waals surface area contributed by atoms with E-state index in [2.05, 4.69) is 6.07 Å². The molecular weight excluding hydrogens is 202 g/mol.